The van der Waals surface area contributed by atoms with Crippen LogP contribution in [-0.4, -0.2) is 11.7 Å². The van der Waals surface area contributed by atoms with Crippen molar-refractivity contribution in [3.05, 3.63) is 35.9 Å². The maximum absolute atomic E-state index is 8.60. The molecule has 0 fully saturated rings. The van der Waals surface area contributed by atoms with E-state index in [1.165, 1.54) is 0 Å². The lowest BCUT2D eigenvalue weighted by molar-refractivity contribution is 0.284. The number of hydrogen-bond acceptors (Lipinski definition) is 1. The first kappa shape index (κ1) is 9.56. The summed E-state index contributed by atoms with van der Waals surface area (Å²) < 4.78 is 0. The molecule has 1 unspecified atom stereocenters. The molecule has 1 nitrogen and oxygen atoms in total. The second kappa shape index (κ2) is 5.18. The summed E-state index contributed by atoms with van der Waals surface area (Å²) in [6.45, 7) is 0.218. The van der Waals surface area contributed by atoms with E-state index in [0.717, 1.165) is 18.4 Å². The minimum absolute atomic E-state index is 0.0401. The van der Waals surface area contributed by atoms with Crippen LogP contribution in [0.15, 0.2) is 30.3 Å². The van der Waals surface area contributed by atoms with Crippen LogP contribution in [0.5, 0.6) is 0 Å². The van der Waals surface area contributed by atoms with E-state index in [2.05, 4.69) is 0 Å². The zero-order valence-corrected chi connectivity index (χ0v) is 7.67. The molecule has 0 heterocycles. The molecule has 1 aromatic carbocycles. The fraction of sp³-hybridized carbons (Fsp3) is 0.400. The van der Waals surface area contributed by atoms with Crippen LogP contribution in [0.25, 0.3) is 0 Å². The van der Waals surface area contributed by atoms with Crippen molar-refractivity contribution < 1.29 is 5.11 Å². The van der Waals surface area contributed by atoms with Crippen molar-refractivity contribution in [3.63, 3.8) is 0 Å². The van der Waals surface area contributed by atoms with Crippen LogP contribution in [0.3, 0.4) is 0 Å². The second-order valence-corrected chi connectivity index (χ2v) is 3.27. The highest BCUT2D eigenvalue weighted by Gasteiger charge is 2.05. The predicted molar refractivity (Wildman–Crippen MR) is 51.4 cm³/mol. The number of benzene rings is 1. The van der Waals surface area contributed by atoms with Gasteiger partial charge in [0.1, 0.15) is 0 Å². The molecule has 1 aromatic rings. The largest absolute Gasteiger partial charge is 0.396 e. The first-order chi connectivity index (χ1) is 5.84. The monoisotopic (exact) mass is 184 g/mol. The van der Waals surface area contributed by atoms with E-state index in [1.54, 1.807) is 0 Å². The average molecular weight is 185 g/mol. The molecular formula is C10H13ClO. The molecule has 66 valence electrons. The third-order valence-corrected chi connectivity index (χ3v) is 2.25. The zero-order valence-electron chi connectivity index (χ0n) is 6.91. The third kappa shape index (κ3) is 2.84. The van der Waals surface area contributed by atoms with Crippen molar-refractivity contribution >= 4 is 11.6 Å². The summed E-state index contributed by atoms with van der Waals surface area (Å²) in [5.74, 6) is 0. The minimum Gasteiger partial charge on any atom is -0.396 e. The van der Waals surface area contributed by atoms with Crippen LogP contribution in [0, 0.1) is 0 Å². The molecule has 0 amide bonds. The van der Waals surface area contributed by atoms with Gasteiger partial charge in [0.05, 0.1) is 5.38 Å². The summed E-state index contributed by atoms with van der Waals surface area (Å²) in [6.07, 6.45) is 1.60. The SMILES string of the molecule is OCCCC(Cl)c1ccccc1. The number of hydrogen-bond donors (Lipinski definition) is 1. The number of alkyl halides is 1. The molecule has 0 aliphatic heterocycles. The highest BCUT2D eigenvalue weighted by molar-refractivity contribution is 6.20. The highest BCUT2D eigenvalue weighted by Crippen LogP contribution is 2.24. The first-order valence-corrected chi connectivity index (χ1v) is 4.58. The Morgan fingerprint density at radius 3 is 2.50 bits per heavy atom. The summed E-state index contributed by atoms with van der Waals surface area (Å²) >= 11 is 6.07. The summed E-state index contributed by atoms with van der Waals surface area (Å²) in [6, 6.07) is 9.94. The van der Waals surface area contributed by atoms with Crippen LogP contribution in [0.1, 0.15) is 23.8 Å². The van der Waals surface area contributed by atoms with Crippen LogP contribution < -0.4 is 0 Å². The van der Waals surface area contributed by atoms with E-state index in [-0.39, 0.29) is 12.0 Å². The van der Waals surface area contributed by atoms with Gasteiger partial charge in [0.15, 0.2) is 0 Å². The van der Waals surface area contributed by atoms with Crippen molar-refractivity contribution in [1.82, 2.24) is 0 Å². The standard InChI is InChI=1S/C10H13ClO/c11-10(7-4-8-12)9-5-2-1-3-6-9/h1-3,5-6,10,12H,4,7-8H2. The van der Waals surface area contributed by atoms with Crippen LogP contribution in [-0.2, 0) is 0 Å². The van der Waals surface area contributed by atoms with Gasteiger partial charge in [0, 0.05) is 6.61 Å². The van der Waals surface area contributed by atoms with Crippen LogP contribution in [0.2, 0.25) is 0 Å². The minimum atomic E-state index is 0.0401. The number of rotatable bonds is 4. The summed E-state index contributed by atoms with van der Waals surface area (Å²) in [5, 5.41) is 8.64. The summed E-state index contributed by atoms with van der Waals surface area (Å²) in [5.41, 5.74) is 1.13. The van der Waals surface area contributed by atoms with Gasteiger partial charge in [-0.3, -0.25) is 0 Å². The lowest BCUT2D eigenvalue weighted by Gasteiger charge is -2.07. The Hall–Kier alpha value is -0.530. The second-order valence-electron chi connectivity index (χ2n) is 2.74. The summed E-state index contributed by atoms with van der Waals surface area (Å²) in [7, 11) is 0. The normalized spacial score (nSPS) is 12.8. The van der Waals surface area contributed by atoms with Crippen LogP contribution >= 0.6 is 11.6 Å². The van der Waals surface area contributed by atoms with Crippen molar-refractivity contribution in [1.29, 1.82) is 0 Å². The fourth-order valence-electron chi connectivity index (χ4n) is 1.10. The van der Waals surface area contributed by atoms with Gasteiger partial charge in [-0.15, -0.1) is 11.6 Å². The molecule has 12 heavy (non-hydrogen) atoms. The molecule has 0 aliphatic carbocycles. The Balaban J connectivity index is 2.48. The highest BCUT2D eigenvalue weighted by atomic mass is 35.5. The molecule has 0 spiro atoms. The van der Waals surface area contributed by atoms with Gasteiger partial charge in [0.25, 0.3) is 0 Å². The summed E-state index contributed by atoms with van der Waals surface area (Å²) in [4.78, 5) is 0. The molecule has 0 saturated carbocycles. The molecular weight excluding hydrogens is 172 g/mol. The maximum Gasteiger partial charge on any atom is 0.0586 e. The zero-order chi connectivity index (χ0) is 8.81. The molecule has 0 aromatic heterocycles. The van der Waals surface area contributed by atoms with Crippen molar-refractivity contribution in [2.45, 2.75) is 18.2 Å². The van der Waals surface area contributed by atoms with E-state index in [1.807, 2.05) is 30.3 Å². The van der Waals surface area contributed by atoms with E-state index in [4.69, 9.17) is 16.7 Å². The van der Waals surface area contributed by atoms with E-state index in [9.17, 15) is 0 Å². The van der Waals surface area contributed by atoms with Gasteiger partial charge in [0.2, 0.25) is 0 Å². The van der Waals surface area contributed by atoms with Gasteiger partial charge in [-0.25, -0.2) is 0 Å². The van der Waals surface area contributed by atoms with Crippen molar-refractivity contribution in [3.8, 4) is 0 Å². The van der Waals surface area contributed by atoms with Gasteiger partial charge >= 0.3 is 0 Å². The number of aliphatic hydroxyl groups is 1. The quantitative estimate of drug-likeness (QED) is 0.714. The molecule has 1 atom stereocenters. The van der Waals surface area contributed by atoms with E-state index >= 15 is 0 Å². The number of halogens is 1. The third-order valence-electron chi connectivity index (χ3n) is 1.78. The Bertz CT molecular complexity index is 210. The Morgan fingerprint density at radius 1 is 1.25 bits per heavy atom. The molecule has 0 saturated heterocycles. The van der Waals surface area contributed by atoms with Gasteiger partial charge in [-0.2, -0.15) is 0 Å². The molecule has 0 bridgehead atoms. The lowest BCUT2D eigenvalue weighted by Crippen LogP contribution is -1.92. The molecule has 1 rings (SSSR count). The maximum atomic E-state index is 8.60. The topological polar surface area (TPSA) is 20.2 Å². The Morgan fingerprint density at radius 2 is 1.92 bits per heavy atom. The van der Waals surface area contributed by atoms with Gasteiger partial charge < -0.3 is 5.11 Å². The van der Waals surface area contributed by atoms with Crippen molar-refractivity contribution in [2.24, 2.45) is 0 Å². The van der Waals surface area contributed by atoms with Crippen molar-refractivity contribution in [2.75, 3.05) is 6.61 Å². The molecule has 1 N–H and O–H groups in total. The lowest BCUT2D eigenvalue weighted by atomic mass is 10.1. The van der Waals surface area contributed by atoms with Gasteiger partial charge in [-0.1, -0.05) is 30.3 Å². The first-order valence-electron chi connectivity index (χ1n) is 4.14. The van der Waals surface area contributed by atoms with E-state index < -0.39 is 0 Å². The van der Waals surface area contributed by atoms with Crippen LogP contribution in [0.4, 0.5) is 0 Å². The van der Waals surface area contributed by atoms with E-state index in [0.29, 0.717) is 0 Å². The predicted octanol–water partition coefficient (Wildman–Crippen LogP) is 2.74. The number of aliphatic hydroxyl groups excluding tert-OH is 1. The Kier molecular flexibility index (Phi) is 4.12. The average Bonchev–Trinajstić information content (AvgIpc) is 2.15. The smallest absolute Gasteiger partial charge is 0.0586 e. The van der Waals surface area contributed by atoms with Gasteiger partial charge in [-0.05, 0) is 18.4 Å². The molecule has 2 heteroatoms. The molecule has 0 aliphatic rings. The molecule has 0 radical (unpaired) electrons. The Labute approximate surface area is 78.0 Å². The fourth-order valence-corrected chi connectivity index (χ4v) is 1.40.